The third-order valence-electron chi connectivity index (χ3n) is 5.59. The highest BCUT2D eigenvalue weighted by atomic mass is 16.5. The van der Waals surface area contributed by atoms with Crippen molar-refractivity contribution in [1.29, 1.82) is 0 Å². The largest absolute Gasteiger partial charge is 0.496 e. The molecule has 1 fully saturated rings. The van der Waals surface area contributed by atoms with E-state index in [1.807, 2.05) is 61.2 Å². The highest BCUT2D eigenvalue weighted by Crippen LogP contribution is 2.20. The van der Waals surface area contributed by atoms with Gasteiger partial charge in [-0.1, -0.05) is 12.1 Å². The number of rotatable bonds is 6. The molecule has 0 atom stereocenters. The van der Waals surface area contributed by atoms with Crippen molar-refractivity contribution in [2.45, 2.75) is 20.3 Å². The maximum Gasteiger partial charge on any atom is 0.227 e. The predicted octanol–water partition coefficient (Wildman–Crippen LogP) is 3.13. The van der Waals surface area contributed by atoms with Crippen molar-refractivity contribution in [3.05, 3.63) is 65.4 Å². The fourth-order valence-electron chi connectivity index (χ4n) is 3.82. The number of aryl methyl sites for hydroxylation is 2. The van der Waals surface area contributed by atoms with E-state index < -0.39 is 0 Å². The fourth-order valence-corrected chi connectivity index (χ4v) is 3.82. The Bertz CT molecular complexity index is 1080. The average molecular weight is 433 g/mol. The SMILES string of the molecule is COc1ccc(CC(=O)N2CCN(c3ccc(Nc4cc(C)ccn4)nn3)CC2)cc1C. The third kappa shape index (κ3) is 5.14. The van der Waals surface area contributed by atoms with Gasteiger partial charge in [0.1, 0.15) is 11.6 Å². The maximum atomic E-state index is 12.8. The second-order valence-corrected chi connectivity index (χ2v) is 7.97. The summed E-state index contributed by atoms with van der Waals surface area (Å²) in [5.41, 5.74) is 3.17. The minimum Gasteiger partial charge on any atom is -0.496 e. The molecule has 8 nitrogen and oxygen atoms in total. The van der Waals surface area contributed by atoms with Crippen molar-refractivity contribution >= 4 is 23.4 Å². The van der Waals surface area contributed by atoms with E-state index in [1.165, 1.54) is 0 Å². The Morgan fingerprint density at radius 1 is 1.00 bits per heavy atom. The topological polar surface area (TPSA) is 83.5 Å². The van der Waals surface area contributed by atoms with Crippen molar-refractivity contribution in [2.24, 2.45) is 0 Å². The predicted molar refractivity (Wildman–Crippen MR) is 125 cm³/mol. The van der Waals surface area contributed by atoms with Crippen molar-refractivity contribution in [3.63, 3.8) is 0 Å². The summed E-state index contributed by atoms with van der Waals surface area (Å²) >= 11 is 0. The first-order valence-corrected chi connectivity index (χ1v) is 10.7. The molecule has 0 bridgehead atoms. The van der Waals surface area contributed by atoms with Gasteiger partial charge in [0.25, 0.3) is 0 Å². The van der Waals surface area contributed by atoms with Crippen molar-refractivity contribution in [3.8, 4) is 5.75 Å². The van der Waals surface area contributed by atoms with Gasteiger partial charge >= 0.3 is 0 Å². The number of nitrogens with zero attached hydrogens (tertiary/aromatic N) is 5. The number of carbonyl (C=O) groups excluding carboxylic acids is 1. The maximum absolute atomic E-state index is 12.8. The van der Waals surface area contributed by atoms with E-state index in [0.717, 1.165) is 47.2 Å². The Morgan fingerprint density at radius 2 is 1.81 bits per heavy atom. The zero-order valence-electron chi connectivity index (χ0n) is 18.7. The molecule has 3 heterocycles. The number of anilines is 3. The quantitative estimate of drug-likeness (QED) is 0.641. The van der Waals surface area contributed by atoms with Gasteiger partial charge in [-0.25, -0.2) is 4.98 Å². The molecule has 1 aromatic carbocycles. The van der Waals surface area contributed by atoms with E-state index in [1.54, 1.807) is 13.3 Å². The van der Waals surface area contributed by atoms with Gasteiger partial charge in [-0.15, -0.1) is 10.2 Å². The summed E-state index contributed by atoms with van der Waals surface area (Å²) < 4.78 is 5.30. The Balaban J connectivity index is 1.30. The number of methoxy groups -OCH3 is 1. The summed E-state index contributed by atoms with van der Waals surface area (Å²) in [6, 6.07) is 13.6. The third-order valence-corrected chi connectivity index (χ3v) is 5.59. The second-order valence-electron chi connectivity index (χ2n) is 7.97. The first-order chi connectivity index (χ1) is 15.5. The highest BCUT2D eigenvalue weighted by molar-refractivity contribution is 5.79. The molecule has 0 unspecified atom stereocenters. The summed E-state index contributed by atoms with van der Waals surface area (Å²) in [5, 5.41) is 11.8. The van der Waals surface area contributed by atoms with Crippen LogP contribution >= 0.6 is 0 Å². The van der Waals surface area contributed by atoms with Gasteiger partial charge in [0, 0.05) is 32.4 Å². The van der Waals surface area contributed by atoms with E-state index >= 15 is 0 Å². The second kappa shape index (κ2) is 9.64. The molecule has 0 spiro atoms. The van der Waals surface area contributed by atoms with Crippen LogP contribution in [0.15, 0.2) is 48.7 Å². The van der Waals surface area contributed by atoms with Crippen molar-refractivity contribution < 1.29 is 9.53 Å². The van der Waals surface area contributed by atoms with Gasteiger partial charge < -0.3 is 19.9 Å². The summed E-state index contributed by atoms with van der Waals surface area (Å²) in [6.07, 6.45) is 2.16. The van der Waals surface area contributed by atoms with Crippen molar-refractivity contribution in [1.82, 2.24) is 20.1 Å². The van der Waals surface area contributed by atoms with E-state index in [0.29, 0.717) is 25.3 Å². The summed E-state index contributed by atoms with van der Waals surface area (Å²) in [4.78, 5) is 21.1. The van der Waals surface area contributed by atoms with Gasteiger partial charge in [0.15, 0.2) is 11.6 Å². The molecular weight excluding hydrogens is 404 g/mol. The molecule has 166 valence electrons. The lowest BCUT2D eigenvalue weighted by molar-refractivity contribution is -0.130. The van der Waals surface area contributed by atoms with Crippen LogP contribution < -0.4 is 15.0 Å². The van der Waals surface area contributed by atoms with Crippen LogP contribution in [0, 0.1) is 13.8 Å². The molecule has 32 heavy (non-hydrogen) atoms. The van der Waals surface area contributed by atoms with Gasteiger partial charge in [0.05, 0.1) is 13.5 Å². The molecule has 1 aliphatic heterocycles. The molecule has 8 heteroatoms. The van der Waals surface area contributed by atoms with E-state index in [-0.39, 0.29) is 5.91 Å². The van der Waals surface area contributed by atoms with Crippen LogP contribution in [0.1, 0.15) is 16.7 Å². The Morgan fingerprint density at radius 3 is 2.47 bits per heavy atom. The van der Waals surface area contributed by atoms with E-state index in [4.69, 9.17) is 4.74 Å². The number of piperazine rings is 1. The zero-order chi connectivity index (χ0) is 22.5. The van der Waals surface area contributed by atoms with Crippen LogP contribution in [-0.2, 0) is 11.2 Å². The lowest BCUT2D eigenvalue weighted by Crippen LogP contribution is -2.49. The fraction of sp³-hybridized carbons (Fsp3) is 0.333. The van der Waals surface area contributed by atoms with Crippen LogP contribution in [0.2, 0.25) is 0 Å². The molecule has 1 saturated heterocycles. The number of carbonyl (C=O) groups is 1. The number of ether oxygens (including phenoxy) is 1. The monoisotopic (exact) mass is 432 g/mol. The Hall–Kier alpha value is -3.68. The molecule has 1 N–H and O–H groups in total. The highest BCUT2D eigenvalue weighted by Gasteiger charge is 2.22. The van der Waals surface area contributed by atoms with Crippen molar-refractivity contribution in [2.75, 3.05) is 43.5 Å². The molecule has 0 aliphatic carbocycles. The van der Waals surface area contributed by atoms with Gasteiger partial charge in [0.2, 0.25) is 5.91 Å². The first-order valence-electron chi connectivity index (χ1n) is 10.7. The Labute approximate surface area is 188 Å². The normalized spacial score (nSPS) is 13.7. The number of pyridine rings is 1. The Kier molecular flexibility index (Phi) is 6.49. The lowest BCUT2D eigenvalue weighted by atomic mass is 10.1. The minimum atomic E-state index is 0.144. The molecule has 3 aromatic rings. The molecule has 1 amide bonds. The first kappa shape index (κ1) is 21.5. The number of amides is 1. The number of hydrogen-bond acceptors (Lipinski definition) is 7. The summed E-state index contributed by atoms with van der Waals surface area (Å²) in [6.45, 7) is 6.81. The summed E-state index contributed by atoms with van der Waals surface area (Å²) in [7, 11) is 1.66. The molecule has 1 aliphatic rings. The molecule has 0 radical (unpaired) electrons. The smallest absolute Gasteiger partial charge is 0.227 e. The minimum absolute atomic E-state index is 0.144. The summed E-state index contributed by atoms with van der Waals surface area (Å²) in [5.74, 6) is 3.19. The van der Waals surface area contributed by atoms with Crippen LogP contribution in [0.25, 0.3) is 0 Å². The van der Waals surface area contributed by atoms with Crippen LogP contribution in [0.4, 0.5) is 17.5 Å². The van der Waals surface area contributed by atoms with Crippen LogP contribution in [-0.4, -0.2) is 59.3 Å². The van der Waals surface area contributed by atoms with Crippen LogP contribution in [0.5, 0.6) is 5.75 Å². The number of benzene rings is 1. The average Bonchev–Trinajstić information content (AvgIpc) is 2.80. The molecule has 2 aromatic heterocycles. The zero-order valence-corrected chi connectivity index (χ0v) is 18.7. The van der Waals surface area contributed by atoms with Gasteiger partial charge in [-0.2, -0.15) is 0 Å². The van der Waals surface area contributed by atoms with Crippen LogP contribution in [0.3, 0.4) is 0 Å². The van der Waals surface area contributed by atoms with Gasteiger partial charge in [-0.3, -0.25) is 4.79 Å². The molecule has 0 saturated carbocycles. The molecule has 4 rings (SSSR count). The van der Waals surface area contributed by atoms with E-state index in [2.05, 4.69) is 25.4 Å². The molecular formula is C24H28N6O2. The number of hydrogen-bond donors (Lipinski definition) is 1. The number of aromatic nitrogens is 3. The standard InChI is InChI=1S/C24H28N6O2/c1-17-8-9-25-22(14-17)26-21-6-7-23(28-27-21)29-10-12-30(13-11-29)24(31)16-19-4-5-20(32-3)18(2)15-19/h4-9,14-15H,10-13,16H2,1-3H3,(H,25,26,27). The van der Waals surface area contributed by atoms with Gasteiger partial charge in [-0.05, 0) is 60.9 Å². The number of nitrogens with one attached hydrogen (secondary N) is 1. The van der Waals surface area contributed by atoms with E-state index in [9.17, 15) is 4.79 Å². The lowest BCUT2D eigenvalue weighted by Gasteiger charge is -2.35.